The molecule has 0 aromatic carbocycles. The molecule has 100 valence electrons. The summed E-state index contributed by atoms with van der Waals surface area (Å²) in [7, 11) is 0. The number of carbonyl (C=O) groups is 2. The second-order valence-electron chi connectivity index (χ2n) is 4.32. The Bertz CT molecular complexity index is 546. The number of carboxylic acids is 1. The first-order chi connectivity index (χ1) is 9.04. The molecule has 0 fully saturated rings. The number of hydrogen-bond donors (Lipinski definition) is 2. The van der Waals surface area contributed by atoms with Crippen molar-refractivity contribution in [3.8, 4) is 12.3 Å². The zero-order chi connectivity index (χ0) is 14.0. The highest BCUT2D eigenvalue weighted by Gasteiger charge is 2.36. The molecule has 2 atom stereocenters. The van der Waals surface area contributed by atoms with Crippen LogP contribution >= 0.6 is 11.3 Å². The molecule has 1 aliphatic heterocycles. The number of carboxylic acid groups (broad SMARTS) is 1. The van der Waals surface area contributed by atoms with Crippen molar-refractivity contribution in [1.82, 2.24) is 10.2 Å². The molecule has 0 bridgehead atoms. The molecule has 0 saturated carbocycles. The summed E-state index contributed by atoms with van der Waals surface area (Å²) in [6, 6.07) is -0.0245. The van der Waals surface area contributed by atoms with Crippen LogP contribution in [0.5, 0.6) is 0 Å². The fourth-order valence-electron chi connectivity index (χ4n) is 2.11. The van der Waals surface area contributed by atoms with Crippen molar-refractivity contribution in [2.75, 3.05) is 6.54 Å². The van der Waals surface area contributed by atoms with Gasteiger partial charge in [0.25, 0.3) is 0 Å². The monoisotopic (exact) mass is 278 g/mol. The summed E-state index contributed by atoms with van der Waals surface area (Å²) in [5, 5.41) is 13.8. The third-order valence-corrected chi connectivity index (χ3v) is 4.05. The van der Waals surface area contributed by atoms with E-state index in [0.717, 1.165) is 4.88 Å². The average Bonchev–Trinajstić information content (AvgIpc) is 2.84. The van der Waals surface area contributed by atoms with Crippen molar-refractivity contribution < 1.29 is 14.7 Å². The number of rotatable bonds is 2. The first kappa shape index (κ1) is 13.4. The number of amides is 2. The van der Waals surface area contributed by atoms with Crippen LogP contribution in [-0.4, -0.2) is 34.6 Å². The van der Waals surface area contributed by atoms with Crippen LogP contribution in [0.25, 0.3) is 0 Å². The van der Waals surface area contributed by atoms with Gasteiger partial charge in [-0.2, -0.15) is 0 Å². The van der Waals surface area contributed by atoms with Crippen LogP contribution in [-0.2, 0) is 11.2 Å². The van der Waals surface area contributed by atoms with Crippen molar-refractivity contribution >= 4 is 23.3 Å². The van der Waals surface area contributed by atoms with E-state index in [1.807, 2.05) is 5.38 Å². The molecule has 2 N–H and O–H groups in total. The molecule has 1 aliphatic rings. The molecule has 0 saturated heterocycles. The number of fused-ring (bicyclic) bond motifs is 1. The van der Waals surface area contributed by atoms with Gasteiger partial charge in [0.1, 0.15) is 0 Å². The largest absolute Gasteiger partial charge is 0.479 e. The van der Waals surface area contributed by atoms with Crippen LogP contribution in [0.1, 0.15) is 23.4 Å². The Balaban J connectivity index is 2.25. The Labute approximate surface area is 115 Å². The first-order valence-electron chi connectivity index (χ1n) is 5.87. The Morgan fingerprint density at radius 3 is 3.05 bits per heavy atom. The van der Waals surface area contributed by atoms with Gasteiger partial charge in [0, 0.05) is 11.4 Å². The number of thiophene rings is 1. The van der Waals surface area contributed by atoms with Crippen molar-refractivity contribution in [2.45, 2.75) is 25.4 Å². The molecule has 6 heteroatoms. The Morgan fingerprint density at radius 1 is 1.68 bits per heavy atom. The van der Waals surface area contributed by atoms with Gasteiger partial charge in [-0.25, -0.2) is 9.59 Å². The van der Waals surface area contributed by atoms with E-state index in [9.17, 15) is 14.7 Å². The smallest absolute Gasteiger partial charge is 0.331 e. The number of carbonyl (C=O) groups excluding carboxylic acids is 1. The SMILES string of the molecule is C#CC(C)NC(=O)N1CCc2sccc2C1C(=O)O. The molecule has 0 spiro atoms. The van der Waals surface area contributed by atoms with Crippen molar-refractivity contribution in [3.05, 3.63) is 21.9 Å². The van der Waals surface area contributed by atoms with Gasteiger partial charge in [-0.15, -0.1) is 17.8 Å². The van der Waals surface area contributed by atoms with Crippen LogP contribution < -0.4 is 5.32 Å². The average molecular weight is 278 g/mol. The van der Waals surface area contributed by atoms with Crippen LogP contribution in [0.2, 0.25) is 0 Å². The predicted octanol–water partition coefficient (Wildman–Crippen LogP) is 1.46. The molecule has 2 rings (SSSR count). The van der Waals surface area contributed by atoms with Gasteiger partial charge in [-0.05, 0) is 30.4 Å². The van der Waals surface area contributed by atoms with Gasteiger partial charge in [-0.3, -0.25) is 0 Å². The van der Waals surface area contributed by atoms with Gasteiger partial charge in [0.05, 0.1) is 6.04 Å². The van der Waals surface area contributed by atoms with E-state index in [1.54, 1.807) is 13.0 Å². The normalized spacial score (nSPS) is 19.2. The number of hydrogen-bond acceptors (Lipinski definition) is 3. The molecule has 5 nitrogen and oxygen atoms in total. The fourth-order valence-corrected chi connectivity index (χ4v) is 3.02. The van der Waals surface area contributed by atoms with E-state index in [0.29, 0.717) is 18.5 Å². The van der Waals surface area contributed by atoms with E-state index in [2.05, 4.69) is 11.2 Å². The van der Waals surface area contributed by atoms with E-state index >= 15 is 0 Å². The molecule has 1 aromatic heterocycles. The fraction of sp³-hybridized carbons (Fsp3) is 0.385. The molecule has 2 heterocycles. The van der Waals surface area contributed by atoms with Crippen molar-refractivity contribution in [3.63, 3.8) is 0 Å². The molecule has 0 radical (unpaired) electrons. The maximum Gasteiger partial charge on any atom is 0.331 e. The lowest BCUT2D eigenvalue weighted by molar-refractivity contribution is -0.142. The minimum Gasteiger partial charge on any atom is -0.479 e. The van der Waals surface area contributed by atoms with Crippen LogP contribution in [0, 0.1) is 12.3 Å². The Hall–Kier alpha value is -2.00. The number of nitrogens with one attached hydrogen (secondary N) is 1. The standard InChI is InChI=1S/C13H14N2O3S/c1-3-8(2)14-13(18)15-6-4-10-9(5-7-19-10)11(15)12(16)17/h1,5,7-8,11H,4,6H2,2H3,(H,14,18)(H,16,17). The van der Waals surface area contributed by atoms with Gasteiger partial charge in [-0.1, -0.05) is 5.92 Å². The minimum atomic E-state index is -1.03. The van der Waals surface area contributed by atoms with Crippen LogP contribution in [0.4, 0.5) is 4.79 Å². The summed E-state index contributed by atoms with van der Waals surface area (Å²) in [6.45, 7) is 2.06. The lowest BCUT2D eigenvalue weighted by Gasteiger charge is -2.33. The Kier molecular flexibility index (Phi) is 3.76. The van der Waals surface area contributed by atoms with E-state index in [-0.39, 0.29) is 0 Å². The van der Waals surface area contributed by atoms with E-state index in [4.69, 9.17) is 6.42 Å². The summed E-state index contributed by atoms with van der Waals surface area (Å²) >= 11 is 1.52. The highest BCUT2D eigenvalue weighted by atomic mass is 32.1. The minimum absolute atomic E-state index is 0.383. The van der Waals surface area contributed by atoms with Crippen molar-refractivity contribution in [1.29, 1.82) is 0 Å². The van der Waals surface area contributed by atoms with Crippen molar-refractivity contribution in [2.24, 2.45) is 0 Å². The maximum absolute atomic E-state index is 12.1. The molecule has 2 unspecified atom stereocenters. The summed E-state index contributed by atoms with van der Waals surface area (Å²) in [4.78, 5) is 25.9. The maximum atomic E-state index is 12.1. The highest BCUT2D eigenvalue weighted by Crippen LogP contribution is 2.33. The van der Waals surface area contributed by atoms with E-state index in [1.165, 1.54) is 16.2 Å². The zero-order valence-electron chi connectivity index (χ0n) is 10.4. The summed E-state index contributed by atoms with van der Waals surface area (Å²) in [5.41, 5.74) is 0.701. The third kappa shape index (κ3) is 2.56. The lowest BCUT2D eigenvalue weighted by Crippen LogP contribution is -2.49. The van der Waals surface area contributed by atoms with Gasteiger partial charge in [0.2, 0.25) is 0 Å². The number of aliphatic carboxylic acids is 1. The predicted molar refractivity (Wildman–Crippen MR) is 71.9 cm³/mol. The summed E-state index contributed by atoms with van der Waals surface area (Å²) < 4.78 is 0. The number of terminal acetylenes is 1. The summed E-state index contributed by atoms with van der Waals surface area (Å²) in [6.07, 6.45) is 5.88. The van der Waals surface area contributed by atoms with Crippen LogP contribution in [0.3, 0.4) is 0 Å². The topological polar surface area (TPSA) is 69.6 Å². The molecule has 0 aliphatic carbocycles. The van der Waals surface area contributed by atoms with Gasteiger partial charge in [0.15, 0.2) is 6.04 Å². The summed E-state index contributed by atoms with van der Waals surface area (Å²) in [5.74, 6) is 1.36. The van der Waals surface area contributed by atoms with Gasteiger partial charge >= 0.3 is 12.0 Å². The molecule has 1 aromatic rings. The molecular weight excluding hydrogens is 264 g/mol. The number of nitrogens with zero attached hydrogens (tertiary/aromatic N) is 1. The Morgan fingerprint density at radius 2 is 2.42 bits per heavy atom. The highest BCUT2D eigenvalue weighted by molar-refractivity contribution is 7.10. The number of urea groups is 1. The molecule has 2 amide bonds. The molecule has 19 heavy (non-hydrogen) atoms. The molecular formula is C13H14N2O3S. The van der Waals surface area contributed by atoms with Gasteiger partial charge < -0.3 is 15.3 Å². The second-order valence-corrected chi connectivity index (χ2v) is 5.32. The van der Waals surface area contributed by atoms with E-state index < -0.39 is 24.1 Å². The lowest BCUT2D eigenvalue weighted by atomic mass is 10.0. The zero-order valence-corrected chi connectivity index (χ0v) is 11.2. The second kappa shape index (κ2) is 5.33. The van der Waals surface area contributed by atoms with Crippen LogP contribution in [0.15, 0.2) is 11.4 Å². The first-order valence-corrected chi connectivity index (χ1v) is 6.75. The third-order valence-electron chi connectivity index (χ3n) is 3.05. The quantitative estimate of drug-likeness (QED) is 0.805.